The molecule has 1 aromatic carbocycles. The predicted octanol–water partition coefficient (Wildman–Crippen LogP) is 2.65. The first kappa shape index (κ1) is 18.7. The third-order valence-electron chi connectivity index (χ3n) is 4.12. The van der Waals surface area contributed by atoms with E-state index < -0.39 is 23.8 Å². The van der Waals surface area contributed by atoms with Crippen LogP contribution in [0.4, 0.5) is 0 Å². The van der Waals surface area contributed by atoms with Crippen LogP contribution in [0.5, 0.6) is 0 Å². The molecule has 1 aliphatic rings. The Labute approximate surface area is 147 Å². The third kappa shape index (κ3) is 4.92. The van der Waals surface area contributed by atoms with E-state index in [0.29, 0.717) is 11.3 Å². The zero-order valence-electron chi connectivity index (χ0n) is 14.7. The largest absolute Gasteiger partial charge is 0.463 e. The minimum atomic E-state index is -0.643. The topological polar surface area (TPSA) is 81.7 Å². The number of cyclic esters (lactones) is 2. The van der Waals surface area contributed by atoms with Crippen LogP contribution in [0.2, 0.25) is 0 Å². The average molecular weight is 345 g/mol. The molecule has 1 heterocycles. The van der Waals surface area contributed by atoms with E-state index in [1.165, 1.54) is 0 Å². The highest BCUT2D eigenvalue weighted by Crippen LogP contribution is 2.26. The molecule has 25 heavy (non-hydrogen) atoms. The van der Waals surface area contributed by atoms with E-state index in [1.807, 2.05) is 37.3 Å². The Balaban J connectivity index is 2.20. The fraction of sp³-hybridized carbons (Fsp3) is 0.421. The fourth-order valence-electron chi connectivity index (χ4n) is 2.77. The first-order valence-corrected chi connectivity index (χ1v) is 8.35. The van der Waals surface area contributed by atoms with Gasteiger partial charge in [-0.25, -0.2) is 4.79 Å². The Morgan fingerprint density at radius 3 is 2.56 bits per heavy atom. The molecule has 2 rings (SSSR count). The van der Waals surface area contributed by atoms with Gasteiger partial charge in [0.05, 0.1) is 24.5 Å². The molecule has 6 heteroatoms. The second-order valence-corrected chi connectivity index (χ2v) is 6.00. The van der Waals surface area contributed by atoms with Crippen molar-refractivity contribution in [2.45, 2.75) is 39.7 Å². The molecule has 0 bridgehead atoms. The van der Waals surface area contributed by atoms with Crippen LogP contribution < -0.4 is 5.32 Å². The molecule has 2 atom stereocenters. The molecule has 6 nitrogen and oxygen atoms in total. The lowest BCUT2D eigenvalue weighted by Crippen LogP contribution is -2.23. The van der Waals surface area contributed by atoms with E-state index >= 15 is 0 Å². The highest BCUT2D eigenvalue weighted by molar-refractivity contribution is 5.96. The highest BCUT2D eigenvalue weighted by atomic mass is 16.6. The maximum atomic E-state index is 12.3. The van der Waals surface area contributed by atoms with E-state index in [1.54, 1.807) is 13.8 Å². The van der Waals surface area contributed by atoms with Gasteiger partial charge < -0.3 is 14.8 Å². The number of carbonyl (C=O) groups excluding carboxylic acids is 3. The summed E-state index contributed by atoms with van der Waals surface area (Å²) < 4.78 is 9.68. The first-order chi connectivity index (χ1) is 11.9. The van der Waals surface area contributed by atoms with Crippen molar-refractivity contribution in [1.29, 1.82) is 0 Å². The van der Waals surface area contributed by atoms with E-state index in [-0.39, 0.29) is 25.5 Å². The minimum Gasteiger partial charge on any atom is -0.463 e. The lowest BCUT2D eigenvalue weighted by atomic mass is 9.96. The summed E-state index contributed by atoms with van der Waals surface area (Å²) in [4.78, 5) is 35.3. The molecule has 1 fully saturated rings. The number of hydrogen-bond donors (Lipinski definition) is 1. The van der Waals surface area contributed by atoms with Crippen LogP contribution in [0, 0.1) is 5.92 Å². The normalized spacial score (nSPS) is 19.1. The van der Waals surface area contributed by atoms with Crippen LogP contribution in [0.3, 0.4) is 0 Å². The minimum absolute atomic E-state index is 0.0107. The van der Waals surface area contributed by atoms with Crippen LogP contribution in [0.1, 0.15) is 45.2 Å². The summed E-state index contributed by atoms with van der Waals surface area (Å²) in [5.41, 5.74) is 2.06. The summed E-state index contributed by atoms with van der Waals surface area (Å²) in [6, 6.07) is 9.77. The SMILES string of the molecule is CCOC(=O)/C(C[C@H]1CC(=O)OC1=O)=C(/C)N[C@H](C)c1ccccc1. The predicted molar refractivity (Wildman–Crippen MR) is 91.1 cm³/mol. The molecule has 1 saturated heterocycles. The fourth-order valence-corrected chi connectivity index (χ4v) is 2.77. The smallest absolute Gasteiger partial charge is 0.335 e. The van der Waals surface area contributed by atoms with Crippen molar-refractivity contribution in [1.82, 2.24) is 5.32 Å². The molecule has 1 aliphatic heterocycles. The maximum absolute atomic E-state index is 12.3. The Kier molecular flexibility index (Phi) is 6.33. The average Bonchev–Trinajstić information content (AvgIpc) is 2.90. The zero-order valence-corrected chi connectivity index (χ0v) is 14.7. The molecular weight excluding hydrogens is 322 g/mol. The van der Waals surface area contributed by atoms with Gasteiger partial charge in [-0.05, 0) is 32.8 Å². The monoisotopic (exact) mass is 345 g/mol. The van der Waals surface area contributed by atoms with Gasteiger partial charge in [0.15, 0.2) is 0 Å². The molecule has 0 radical (unpaired) electrons. The summed E-state index contributed by atoms with van der Waals surface area (Å²) in [6.45, 7) is 5.71. The second kappa shape index (κ2) is 8.46. The van der Waals surface area contributed by atoms with Gasteiger partial charge in [0.25, 0.3) is 0 Å². The van der Waals surface area contributed by atoms with Gasteiger partial charge in [0, 0.05) is 11.7 Å². The number of carbonyl (C=O) groups is 3. The van der Waals surface area contributed by atoms with Crippen LogP contribution >= 0.6 is 0 Å². The molecule has 0 unspecified atom stereocenters. The van der Waals surface area contributed by atoms with Crippen molar-refractivity contribution in [3.05, 3.63) is 47.2 Å². The maximum Gasteiger partial charge on any atom is 0.335 e. The molecular formula is C19H23NO5. The van der Waals surface area contributed by atoms with Crippen molar-refractivity contribution >= 4 is 17.9 Å². The van der Waals surface area contributed by atoms with Gasteiger partial charge in [-0.1, -0.05) is 30.3 Å². The van der Waals surface area contributed by atoms with Crippen molar-refractivity contribution in [3.63, 3.8) is 0 Å². The van der Waals surface area contributed by atoms with Gasteiger partial charge in [-0.15, -0.1) is 0 Å². The van der Waals surface area contributed by atoms with E-state index in [0.717, 1.165) is 5.56 Å². The third-order valence-corrected chi connectivity index (χ3v) is 4.12. The Hall–Kier alpha value is -2.63. The number of hydrogen-bond acceptors (Lipinski definition) is 6. The summed E-state index contributed by atoms with van der Waals surface area (Å²) in [6.07, 6.45) is 0.104. The molecule has 1 N–H and O–H groups in total. The number of esters is 3. The van der Waals surface area contributed by atoms with E-state index in [4.69, 9.17) is 4.74 Å². The number of nitrogens with one attached hydrogen (secondary N) is 1. The van der Waals surface area contributed by atoms with Gasteiger partial charge in [0.2, 0.25) is 0 Å². The standard InChI is InChI=1S/C19H23NO5/c1-4-24-19(23)16(10-15-11-17(21)25-18(15)22)13(3)20-12(2)14-8-6-5-7-9-14/h5-9,12,15,20H,4,10-11H2,1-3H3/b16-13-/t12-,15+/m1/s1. The van der Waals surface area contributed by atoms with Crippen LogP contribution in [0.25, 0.3) is 0 Å². The van der Waals surface area contributed by atoms with Gasteiger partial charge in [-0.3, -0.25) is 9.59 Å². The van der Waals surface area contributed by atoms with Crippen LogP contribution in [-0.2, 0) is 23.9 Å². The Morgan fingerprint density at radius 2 is 2.00 bits per heavy atom. The number of allylic oxidation sites excluding steroid dienone is 1. The zero-order chi connectivity index (χ0) is 18.4. The second-order valence-electron chi connectivity index (χ2n) is 6.00. The Morgan fingerprint density at radius 1 is 1.32 bits per heavy atom. The number of rotatable bonds is 7. The van der Waals surface area contributed by atoms with Crippen molar-refractivity contribution < 1.29 is 23.9 Å². The van der Waals surface area contributed by atoms with Crippen molar-refractivity contribution in [2.75, 3.05) is 6.61 Å². The van der Waals surface area contributed by atoms with Gasteiger partial charge in [0.1, 0.15) is 0 Å². The van der Waals surface area contributed by atoms with E-state index in [2.05, 4.69) is 10.1 Å². The highest BCUT2D eigenvalue weighted by Gasteiger charge is 2.35. The lowest BCUT2D eigenvalue weighted by Gasteiger charge is -2.19. The summed E-state index contributed by atoms with van der Waals surface area (Å²) in [7, 11) is 0. The molecule has 0 amide bonds. The van der Waals surface area contributed by atoms with Crippen LogP contribution in [-0.4, -0.2) is 24.5 Å². The van der Waals surface area contributed by atoms with E-state index in [9.17, 15) is 14.4 Å². The quantitative estimate of drug-likeness (QED) is 0.465. The van der Waals surface area contributed by atoms with Gasteiger partial charge >= 0.3 is 17.9 Å². The molecule has 0 saturated carbocycles. The van der Waals surface area contributed by atoms with Crippen molar-refractivity contribution in [2.24, 2.45) is 5.92 Å². The lowest BCUT2D eigenvalue weighted by molar-refractivity contribution is -0.153. The Bertz CT molecular complexity index is 680. The molecule has 134 valence electrons. The first-order valence-electron chi connectivity index (χ1n) is 8.35. The van der Waals surface area contributed by atoms with Crippen LogP contribution in [0.15, 0.2) is 41.6 Å². The number of ether oxygens (including phenoxy) is 2. The van der Waals surface area contributed by atoms with Gasteiger partial charge in [-0.2, -0.15) is 0 Å². The molecule has 0 aliphatic carbocycles. The number of benzene rings is 1. The molecule has 1 aromatic rings. The van der Waals surface area contributed by atoms with Crippen molar-refractivity contribution in [3.8, 4) is 0 Å². The summed E-state index contributed by atoms with van der Waals surface area (Å²) in [5.74, 6) is -2.27. The molecule has 0 spiro atoms. The molecule has 0 aromatic heterocycles. The summed E-state index contributed by atoms with van der Waals surface area (Å²) >= 11 is 0. The summed E-state index contributed by atoms with van der Waals surface area (Å²) in [5, 5.41) is 3.28.